The van der Waals surface area contributed by atoms with E-state index in [0.717, 1.165) is 19.3 Å². The van der Waals surface area contributed by atoms with Gasteiger partial charge in [0, 0.05) is 12.3 Å². The number of rotatable bonds is 8. The molecule has 94 valence electrons. The van der Waals surface area contributed by atoms with Crippen molar-refractivity contribution in [1.82, 2.24) is 0 Å². The summed E-state index contributed by atoms with van der Waals surface area (Å²) >= 11 is 0. The fourth-order valence-corrected chi connectivity index (χ4v) is 2.04. The minimum Gasteiger partial charge on any atom is -0.469 e. The van der Waals surface area contributed by atoms with Crippen molar-refractivity contribution in [2.75, 3.05) is 7.11 Å². The van der Waals surface area contributed by atoms with Gasteiger partial charge in [-0.15, -0.1) is 0 Å². The maximum atomic E-state index is 11.9. The monoisotopic (exact) mass is 228 g/mol. The predicted molar refractivity (Wildman–Crippen MR) is 64.1 cm³/mol. The van der Waals surface area contributed by atoms with Crippen LogP contribution in [0.5, 0.6) is 0 Å². The van der Waals surface area contributed by atoms with Gasteiger partial charge in [0.2, 0.25) is 0 Å². The molecule has 2 atom stereocenters. The highest BCUT2D eigenvalue weighted by molar-refractivity contribution is 5.86. The van der Waals surface area contributed by atoms with Crippen LogP contribution in [0.2, 0.25) is 0 Å². The smallest absolute Gasteiger partial charge is 0.309 e. The summed E-state index contributed by atoms with van der Waals surface area (Å²) in [6.07, 6.45) is 3.89. The van der Waals surface area contributed by atoms with Crippen LogP contribution in [0.1, 0.15) is 52.9 Å². The Bertz CT molecular complexity index is 223. The largest absolute Gasteiger partial charge is 0.469 e. The highest BCUT2D eigenvalue weighted by atomic mass is 16.5. The van der Waals surface area contributed by atoms with Crippen molar-refractivity contribution < 1.29 is 14.3 Å². The number of methoxy groups -OCH3 is 1. The summed E-state index contributed by atoms with van der Waals surface area (Å²) in [5, 5.41) is 0. The zero-order valence-corrected chi connectivity index (χ0v) is 10.9. The molecule has 0 aliphatic heterocycles. The first-order valence-corrected chi connectivity index (χ1v) is 6.22. The molecule has 3 nitrogen and oxygen atoms in total. The van der Waals surface area contributed by atoms with Gasteiger partial charge in [0.25, 0.3) is 0 Å². The number of esters is 1. The van der Waals surface area contributed by atoms with Crippen LogP contribution >= 0.6 is 0 Å². The topological polar surface area (TPSA) is 43.4 Å². The van der Waals surface area contributed by atoms with E-state index in [9.17, 15) is 9.59 Å². The molecule has 2 unspecified atom stereocenters. The zero-order valence-electron chi connectivity index (χ0n) is 10.9. The first-order valence-electron chi connectivity index (χ1n) is 6.22. The minimum absolute atomic E-state index is 0.163. The Morgan fingerprint density at radius 3 is 2.00 bits per heavy atom. The van der Waals surface area contributed by atoms with Gasteiger partial charge in [0.15, 0.2) is 0 Å². The third kappa shape index (κ3) is 4.33. The van der Waals surface area contributed by atoms with Crippen molar-refractivity contribution in [3.8, 4) is 0 Å². The molecule has 0 N–H and O–H groups in total. The van der Waals surface area contributed by atoms with E-state index in [1.807, 2.05) is 13.8 Å². The first kappa shape index (κ1) is 15.1. The lowest BCUT2D eigenvalue weighted by atomic mass is 9.83. The zero-order chi connectivity index (χ0) is 12.6. The Morgan fingerprint density at radius 1 is 1.06 bits per heavy atom. The first-order chi connectivity index (χ1) is 7.62. The van der Waals surface area contributed by atoms with Gasteiger partial charge in [-0.2, -0.15) is 0 Å². The van der Waals surface area contributed by atoms with E-state index in [1.165, 1.54) is 7.11 Å². The van der Waals surface area contributed by atoms with Crippen LogP contribution in [-0.4, -0.2) is 18.9 Å². The number of hydrogen-bond donors (Lipinski definition) is 0. The normalized spacial score (nSPS) is 14.2. The summed E-state index contributed by atoms with van der Waals surface area (Å²) in [6, 6.07) is 0. The van der Waals surface area contributed by atoms with E-state index in [2.05, 4.69) is 6.92 Å². The Labute approximate surface area is 98.6 Å². The van der Waals surface area contributed by atoms with E-state index in [-0.39, 0.29) is 23.6 Å². The molecule has 0 saturated heterocycles. The molecular weight excluding hydrogens is 204 g/mol. The number of Topliss-reactive ketones (excluding diaryl/α,β-unsaturated/α-hetero) is 1. The van der Waals surface area contributed by atoms with Crippen LogP contribution < -0.4 is 0 Å². The SMILES string of the molecule is CCCCC(=O)C(CC)C(CC)C(=O)OC. The molecular formula is C13H24O3. The van der Waals surface area contributed by atoms with Crippen molar-refractivity contribution in [3.63, 3.8) is 0 Å². The van der Waals surface area contributed by atoms with Gasteiger partial charge >= 0.3 is 5.97 Å². The molecule has 0 saturated carbocycles. The Kier molecular flexibility index (Phi) is 7.86. The maximum absolute atomic E-state index is 11.9. The molecule has 0 heterocycles. The van der Waals surface area contributed by atoms with Crippen molar-refractivity contribution in [1.29, 1.82) is 0 Å². The average Bonchev–Trinajstić information content (AvgIpc) is 2.31. The summed E-state index contributed by atoms with van der Waals surface area (Å²) in [4.78, 5) is 23.5. The van der Waals surface area contributed by atoms with Crippen LogP contribution in [-0.2, 0) is 14.3 Å². The van der Waals surface area contributed by atoms with Gasteiger partial charge in [-0.05, 0) is 19.3 Å². The van der Waals surface area contributed by atoms with Gasteiger partial charge in [-0.25, -0.2) is 0 Å². The molecule has 0 radical (unpaired) electrons. The number of unbranched alkanes of at least 4 members (excludes halogenated alkanes) is 1. The minimum atomic E-state index is -0.264. The molecule has 0 aliphatic carbocycles. The van der Waals surface area contributed by atoms with Crippen LogP contribution in [0.3, 0.4) is 0 Å². The molecule has 0 spiro atoms. The number of hydrogen-bond acceptors (Lipinski definition) is 3. The van der Waals surface area contributed by atoms with Crippen LogP contribution in [0.4, 0.5) is 0 Å². The Hall–Kier alpha value is -0.860. The van der Waals surface area contributed by atoms with Gasteiger partial charge in [-0.1, -0.05) is 27.2 Å². The van der Waals surface area contributed by atoms with E-state index < -0.39 is 0 Å². The molecule has 0 aromatic rings. The molecule has 0 bridgehead atoms. The fraction of sp³-hybridized carbons (Fsp3) is 0.846. The lowest BCUT2D eigenvalue weighted by Crippen LogP contribution is -2.30. The van der Waals surface area contributed by atoms with E-state index in [4.69, 9.17) is 4.74 Å². The van der Waals surface area contributed by atoms with Gasteiger partial charge in [-0.3, -0.25) is 9.59 Å². The van der Waals surface area contributed by atoms with Crippen LogP contribution in [0.25, 0.3) is 0 Å². The second-order valence-electron chi connectivity index (χ2n) is 4.12. The van der Waals surface area contributed by atoms with Crippen LogP contribution in [0, 0.1) is 11.8 Å². The number of ketones is 1. The highest BCUT2D eigenvalue weighted by Crippen LogP contribution is 2.23. The molecule has 16 heavy (non-hydrogen) atoms. The summed E-state index contributed by atoms with van der Waals surface area (Å²) in [7, 11) is 1.38. The van der Waals surface area contributed by atoms with E-state index in [1.54, 1.807) is 0 Å². The molecule has 0 rings (SSSR count). The lowest BCUT2D eigenvalue weighted by molar-refractivity contribution is -0.150. The van der Waals surface area contributed by atoms with Gasteiger partial charge in [0.1, 0.15) is 5.78 Å². The maximum Gasteiger partial charge on any atom is 0.309 e. The Balaban J connectivity index is 4.54. The van der Waals surface area contributed by atoms with Crippen molar-refractivity contribution in [2.24, 2.45) is 11.8 Å². The Morgan fingerprint density at radius 2 is 1.62 bits per heavy atom. The fourth-order valence-electron chi connectivity index (χ4n) is 2.04. The lowest BCUT2D eigenvalue weighted by Gasteiger charge is -2.21. The molecule has 0 aromatic heterocycles. The van der Waals surface area contributed by atoms with Gasteiger partial charge < -0.3 is 4.74 Å². The quantitative estimate of drug-likeness (QED) is 0.600. The number of ether oxygens (including phenoxy) is 1. The summed E-state index contributed by atoms with van der Waals surface area (Å²) < 4.78 is 4.75. The highest BCUT2D eigenvalue weighted by Gasteiger charge is 2.30. The third-order valence-electron chi connectivity index (χ3n) is 3.06. The summed E-state index contributed by atoms with van der Waals surface area (Å²) in [5.74, 6) is -0.468. The van der Waals surface area contributed by atoms with Crippen LogP contribution in [0.15, 0.2) is 0 Å². The van der Waals surface area contributed by atoms with Gasteiger partial charge in [0.05, 0.1) is 13.0 Å². The van der Waals surface area contributed by atoms with Crippen molar-refractivity contribution in [2.45, 2.75) is 52.9 Å². The van der Waals surface area contributed by atoms with E-state index >= 15 is 0 Å². The predicted octanol–water partition coefficient (Wildman–Crippen LogP) is 2.97. The molecule has 0 aromatic carbocycles. The van der Waals surface area contributed by atoms with Crippen molar-refractivity contribution in [3.05, 3.63) is 0 Å². The summed E-state index contributed by atoms with van der Waals surface area (Å²) in [5.41, 5.74) is 0. The summed E-state index contributed by atoms with van der Waals surface area (Å²) in [6.45, 7) is 5.95. The van der Waals surface area contributed by atoms with E-state index in [0.29, 0.717) is 12.8 Å². The molecule has 0 fully saturated rings. The third-order valence-corrected chi connectivity index (χ3v) is 3.06. The second-order valence-corrected chi connectivity index (χ2v) is 4.12. The van der Waals surface area contributed by atoms with Crippen molar-refractivity contribution >= 4 is 11.8 Å². The number of carbonyl (C=O) groups excluding carboxylic acids is 2. The standard InChI is InChI=1S/C13H24O3/c1-5-8-9-12(14)10(6-2)11(7-3)13(15)16-4/h10-11H,5-9H2,1-4H3. The second kappa shape index (κ2) is 8.31. The average molecular weight is 228 g/mol. The molecule has 0 aliphatic rings. The molecule has 0 amide bonds. The molecule has 3 heteroatoms. The number of carbonyl (C=O) groups is 2.